The third kappa shape index (κ3) is 2.84. The lowest BCUT2D eigenvalue weighted by Crippen LogP contribution is -2.34. The van der Waals surface area contributed by atoms with Crippen LogP contribution in [0.15, 0.2) is 16.5 Å². The van der Waals surface area contributed by atoms with Crippen LogP contribution in [0, 0.1) is 0 Å². The van der Waals surface area contributed by atoms with Crippen LogP contribution in [-0.2, 0) is 4.74 Å². The number of furan rings is 1. The van der Waals surface area contributed by atoms with Crippen LogP contribution in [0.4, 0.5) is 0 Å². The maximum Gasteiger partial charge on any atom is 0.373 e. The molecule has 2 rings (SSSR count). The number of nitrogens with zero attached hydrogens (tertiary/aromatic N) is 1. The molecule has 94 valence electrons. The Bertz CT molecular complexity index is 385. The molecule has 0 spiro atoms. The molecule has 0 N–H and O–H groups in total. The second-order valence-electron chi connectivity index (χ2n) is 4.02. The smallest absolute Gasteiger partial charge is 0.373 e. The Kier molecular flexibility index (Phi) is 4.12. The van der Waals surface area contributed by atoms with Crippen molar-refractivity contribution in [1.82, 2.24) is 4.90 Å². The summed E-state index contributed by atoms with van der Waals surface area (Å²) in [6.45, 7) is 4.25. The zero-order valence-electron chi connectivity index (χ0n) is 10.1. The summed E-state index contributed by atoms with van der Waals surface area (Å²) in [5, 5.41) is 0. The van der Waals surface area contributed by atoms with Gasteiger partial charge in [-0.1, -0.05) is 0 Å². The first-order valence-corrected chi connectivity index (χ1v) is 6.87. The van der Waals surface area contributed by atoms with Gasteiger partial charge in [-0.15, -0.1) is 0 Å². The van der Waals surface area contributed by atoms with E-state index in [0.717, 1.165) is 30.4 Å². The monoisotopic (exact) mass is 255 g/mol. The molecule has 1 saturated heterocycles. The molecule has 1 aromatic heterocycles. The molecular weight excluding hydrogens is 238 g/mol. The molecule has 0 aliphatic carbocycles. The van der Waals surface area contributed by atoms with Gasteiger partial charge in [0, 0.05) is 24.6 Å². The number of hydrogen-bond acceptors (Lipinski definition) is 5. The minimum Gasteiger partial charge on any atom is -0.463 e. The molecule has 0 aromatic carbocycles. The van der Waals surface area contributed by atoms with E-state index >= 15 is 0 Å². The highest BCUT2D eigenvalue weighted by Gasteiger charge is 2.22. The third-order valence-corrected chi connectivity index (χ3v) is 3.96. The van der Waals surface area contributed by atoms with Gasteiger partial charge < -0.3 is 9.15 Å². The Morgan fingerprint density at radius 2 is 2.18 bits per heavy atom. The predicted octanol–water partition coefficient (Wildman–Crippen LogP) is 2.18. The van der Waals surface area contributed by atoms with Gasteiger partial charge in [0.25, 0.3) is 0 Å². The first kappa shape index (κ1) is 12.5. The van der Waals surface area contributed by atoms with Crippen LogP contribution in [0.3, 0.4) is 0 Å². The summed E-state index contributed by atoms with van der Waals surface area (Å²) in [5.41, 5.74) is 0. The number of esters is 1. The summed E-state index contributed by atoms with van der Waals surface area (Å²) >= 11 is 1.98. The van der Waals surface area contributed by atoms with Gasteiger partial charge in [-0.3, -0.25) is 4.90 Å². The first-order valence-electron chi connectivity index (χ1n) is 5.72. The van der Waals surface area contributed by atoms with Crippen molar-refractivity contribution >= 4 is 17.7 Å². The Morgan fingerprint density at radius 3 is 2.82 bits per heavy atom. The number of methoxy groups -OCH3 is 1. The van der Waals surface area contributed by atoms with Crippen LogP contribution >= 0.6 is 11.8 Å². The Labute approximate surface area is 105 Å². The second-order valence-corrected chi connectivity index (χ2v) is 5.24. The molecule has 0 bridgehead atoms. The molecule has 17 heavy (non-hydrogen) atoms. The topological polar surface area (TPSA) is 42.7 Å². The van der Waals surface area contributed by atoms with E-state index < -0.39 is 5.97 Å². The molecule has 4 nitrogen and oxygen atoms in total. The number of hydrogen-bond donors (Lipinski definition) is 0. The van der Waals surface area contributed by atoms with Gasteiger partial charge in [0.05, 0.1) is 13.2 Å². The van der Waals surface area contributed by atoms with Gasteiger partial charge in [0.1, 0.15) is 5.76 Å². The molecule has 1 unspecified atom stereocenters. The van der Waals surface area contributed by atoms with E-state index in [-0.39, 0.29) is 11.8 Å². The van der Waals surface area contributed by atoms with E-state index in [1.165, 1.54) is 7.11 Å². The quantitative estimate of drug-likeness (QED) is 0.774. The molecular formula is C12H17NO3S. The van der Waals surface area contributed by atoms with Gasteiger partial charge in [-0.25, -0.2) is 4.79 Å². The maximum atomic E-state index is 11.3. The van der Waals surface area contributed by atoms with Gasteiger partial charge in [0.2, 0.25) is 5.76 Å². The lowest BCUT2D eigenvalue weighted by atomic mass is 10.2. The van der Waals surface area contributed by atoms with E-state index in [9.17, 15) is 4.79 Å². The van der Waals surface area contributed by atoms with Crippen LogP contribution < -0.4 is 0 Å². The summed E-state index contributed by atoms with van der Waals surface area (Å²) in [5.74, 6) is 3.01. The van der Waals surface area contributed by atoms with Gasteiger partial charge in [-0.2, -0.15) is 11.8 Å². The lowest BCUT2D eigenvalue weighted by molar-refractivity contribution is 0.0559. The molecule has 1 aliphatic heterocycles. The third-order valence-electron chi connectivity index (χ3n) is 3.02. The second kappa shape index (κ2) is 5.60. The van der Waals surface area contributed by atoms with Crippen LogP contribution in [0.5, 0.6) is 0 Å². The van der Waals surface area contributed by atoms with Crippen molar-refractivity contribution in [3.63, 3.8) is 0 Å². The van der Waals surface area contributed by atoms with Crippen LogP contribution in [0.1, 0.15) is 29.3 Å². The van der Waals surface area contributed by atoms with Crippen LogP contribution in [0.2, 0.25) is 0 Å². The predicted molar refractivity (Wildman–Crippen MR) is 67.4 cm³/mol. The van der Waals surface area contributed by atoms with Crippen molar-refractivity contribution < 1.29 is 13.9 Å². The number of carbonyl (C=O) groups is 1. The van der Waals surface area contributed by atoms with E-state index in [2.05, 4.69) is 16.6 Å². The first-order chi connectivity index (χ1) is 8.22. The summed E-state index contributed by atoms with van der Waals surface area (Å²) in [6, 6.07) is 3.75. The number of ether oxygens (including phenoxy) is 1. The van der Waals surface area contributed by atoms with Gasteiger partial charge in [-0.05, 0) is 19.1 Å². The Balaban J connectivity index is 2.05. The molecule has 1 aromatic rings. The summed E-state index contributed by atoms with van der Waals surface area (Å²) in [7, 11) is 1.36. The maximum absolute atomic E-state index is 11.3. The fraction of sp³-hybridized carbons (Fsp3) is 0.583. The molecule has 5 heteroatoms. The highest BCUT2D eigenvalue weighted by molar-refractivity contribution is 7.99. The Morgan fingerprint density at radius 1 is 1.47 bits per heavy atom. The zero-order chi connectivity index (χ0) is 12.3. The number of thioether (sulfide) groups is 1. The average molecular weight is 255 g/mol. The zero-order valence-corrected chi connectivity index (χ0v) is 11.0. The van der Waals surface area contributed by atoms with Gasteiger partial charge in [0.15, 0.2) is 0 Å². The number of rotatable bonds is 3. The molecule has 1 fully saturated rings. The van der Waals surface area contributed by atoms with Crippen molar-refractivity contribution in [2.45, 2.75) is 13.0 Å². The van der Waals surface area contributed by atoms with Crippen LogP contribution in [-0.4, -0.2) is 42.6 Å². The molecule has 0 radical (unpaired) electrons. The summed E-state index contributed by atoms with van der Waals surface area (Å²) < 4.78 is 10.2. The van der Waals surface area contributed by atoms with Crippen molar-refractivity contribution in [2.24, 2.45) is 0 Å². The molecule has 1 atom stereocenters. The van der Waals surface area contributed by atoms with Crippen molar-refractivity contribution in [2.75, 3.05) is 31.7 Å². The van der Waals surface area contributed by atoms with Crippen molar-refractivity contribution in [1.29, 1.82) is 0 Å². The Hall–Kier alpha value is -0.940. The van der Waals surface area contributed by atoms with E-state index in [1.807, 2.05) is 17.8 Å². The van der Waals surface area contributed by atoms with Crippen LogP contribution in [0.25, 0.3) is 0 Å². The molecule has 2 heterocycles. The summed E-state index contributed by atoms with van der Waals surface area (Å²) in [6.07, 6.45) is 0. The van der Waals surface area contributed by atoms with Crippen molar-refractivity contribution in [3.8, 4) is 0 Å². The highest BCUT2D eigenvalue weighted by atomic mass is 32.2. The lowest BCUT2D eigenvalue weighted by Gasteiger charge is -2.30. The number of carbonyl (C=O) groups excluding carboxylic acids is 1. The fourth-order valence-electron chi connectivity index (χ4n) is 1.93. The van der Waals surface area contributed by atoms with E-state index in [0.29, 0.717) is 0 Å². The minimum absolute atomic E-state index is 0.217. The molecule has 0 saturated carbocycles. The highest BCUT2D eigenvalue weighted by Crippen LogP contribution is 2.25. The average Bonchev–Trinajstić information content (AvgIpc) is 2.87. The molecule has 0 amide bonds. The largest absolute Gasteiger partial charge is 0.463 e. The molecule has 1 aliphatic rings. The minimum atomic E-state index is -0.419. The van der Waals surface area contributed by atoms with Gasteiger partial charge >= 0.3 is 5.97 Å². The normalized spacial score (nSPS) is 18.9. The van der Waals surface area contributed by atoms with Crippen molar-refractivity contribution in [3.05, 3.63) is 23.7 Å². The summed E-state index contributed by atoms with van der Waals surface area (Å²) in [4.78, 5) is 13.7. The van der Waals surface area contributed by atoms with E-state index in [1.54, 1.807) is 6.07 Å². The van der Waals surface area contributed by atoms with E-state index in [4.69, 9.17) is 4.42 Å². The fourth-order valence-corrected chi connectivity index (χ4v) is 2.86. The SMILES string of the molecule is COC(=O)c1ccc(C(C)N2CCSCC2)o1. The standard InChI is InChI=1S/C12H17NO3S/c1-9(13-5-7-17-8-6-13)10-3-4-11(16-10)12(14)15-2/h3-4,9H,5-8H2,1-2H3.